The zero-order valence-electron chi connectivity index (χ0n) is 18.1. The predicted molar refractivity (Wildman–Crippen MR) is 126 cm³/mol. The smallest absolute Gasteiger partial charge is 0.283 e. The average molecular weight is 436 g/mol. The second-order valence-corrected chi connectivity index (χ2v) is 8.73. The molecule has 2 heterocycles. The molecule has 8 heteroatoms. The van der Waals surface area contributed by atoms with Gasteiger partial charge in [-0.3, -0.25) is 9.59 Å². The standard InChI is InChI=1S/C23H25N5O2S/c1-5-6-11-27(4)20(29)16-9-10-17-19(13-16)25-23-28(21(17)30)26-22(31-23)24-18-12-14(2)7-8-15(18)3/h7-10,12-13H,5-6,11H2,1-4H3,(H,24,26). The maximum Gasteiger partial charge on any atom is 0.283 e. The highest BCUT2D eigenvalue weighted by Crippen LogP contribution is 2.26. The van der Waals surface area contributed by atoms with Crippen LogP contribution in [0.1, 0.15) is 41.3 Å². The van der Waals surface area contributed by atoms with Gasteiger partial charge in [-0.05, 0) is 55.7 Å². The number of nitrogens with zero attached hydrogens (tertiary/aromatic N) is 4. The molecule has 0 aliphatic carbocycles. The quantitative estimate of drug-likeness (QED) is 0.481. The Kier molecular flexibility index (Phi) is 5.73. The number of carbonyl (C=O) groups excluding carboxylic acids is 1. The number of aromatic nitrogens is 3. The summed E-state index contributed by atoms with van der Waals surface area (Å²) in [7, 11) is 1.79. The zero-order valence-corrected chi connectivity index (χ0v) is 18.9. The largest absolute Gasteiger partial charge is 0.342 e. The van der Waals surface area contributed by atoms with Gasteiger partial charge in [-0.25, -0.2) is 4.98 Å². The predicted octanol–water partition coefficient (Wildman–Crippen LogP) is 4.54. The van der Waals surface area contributed by atoms with Crippen molar-refractivity contribution in [2.75, 3.05) is 18.9 Å². The molecular formula is C23H25N5O2S. The van der Waals surface area contributed by atoms with Crippen LogP contribution in [0.15, 0.2) is 41.2 Å². The normalized spacial score (nSPS) is 11.2. The first-order chi connectivity index (χ1) is 14.9. The minimum Gasteiger partial charge on any atom is -0.342 e. The fourth-order valence-electron chi connectivity index (χ4n) is 3.39. The third kappa shape index (κ3) is 4.16. The first kappa shape index (κ1) is 21.0. The molecule has 0 spiro atoms. The molecule has 0 unspecified atom stereocenters. The number of nitrogens with one attached hydrogen (secondary N) is 1. The van der Waals surface area contributed by atoms with Crippen LogP contribution in [-0.4, -0.2) is 39.0 Å². The minimum absolute atomic E-state index is 0.0704. The summed E-state index contributed by atoms with van der Waals surface area (Å²) in [6.07, 6.45) is 1.97. The molecule has 0 fully saturated rings. The number of aryl methyl sites for hydroxylation is 2. The van der Waals surface area contributed by atoms with E-state index >= 15 is 0 Å². The van der Waals surface area contributed by atoms with E-state index in [4.69, 9.17) is 0 Å². The van der Waals surface area contributed by atoms with Gasteiger partial charge in [0.05, 0.1) is 10.9 Å². The van der Waals surface area contributed by atoms with Gasteiger partial charge >= 0.3 is 0 Å². The van der Waals surface area contributed by atoms with Crippen molar-refractivity contribution in [2.24, 2.45) is 0 Å². The van der Waals surface area contributed by atoms with Gasteiger partial charge in [0, 0.05) is 24.8 Å². The van der Waals surface area contributed by atoms with Crippen LogP contribution in [0.25, 0.3) is 15.9 Å². The molecule has 0 bridgehead atoms. The molecule has 0 aliphatic rings. The second kappa shape index (κ2) is 8.47. The molecule has 1 N–H and O–H groups in total. The number of amides is 1. The Balaban J connectivity index is 1.71. The van der Waals surface area contributed by atoms with E-state index in [2.05, 4.69) is 28.4 Å². The van der Waals surface area contributed by atoms with Gasteiger partial charge in [-0.1, -0.05) is 36.8 Å². The van der Waals surface area contributed by atoms with Gasteiger partial charge in [0.25, 0.3) is 11.5 Å². The zero-order chi connectivity index (χ0) is 22.1. The molecule has 160 valence electrons. The van der Waals surface area contributed by atoms with Crippen molar-refractivity contribution in [3.05, 3.63) is 63.4 Å². The SMILES string of the molecule is CCCCN(C)C(=O)c1ccc2c(=O)n3nc(Nc4cc(C)ccc4C)sc3nc2c1. The Morgan fingerprint density at radius 1 is 1.19 bits per heavy atom. The summed E-state index contributed by atoms with van der Waals surface area (Å²) < 4.78 is 1.31. The lowest BCUT2D eigenvalue weighted by Gasteiger charge is -2.16. The van der Waals surface area contributed by atoms with Crippen LogP contribution in [-0.2, 0) is 0 Å². The Morgan fingerprint density at radius 2 is 2.00 bits per heavy atom. The monoisotopic (exact) mass is 435 g/mol. The number of hydrogen-bond acceptors (Lipinski definition) is 6. The summed E-state index contributed by atoms with van der Waals surface area (Å²) in [5, 5.41) is 8.74. The summed E-state index contributed by atoms with van der Waals surface area (Å²) in [6, 6.07) is 11.2. The van der Waals surface area contributed by atoms with E-state index in [9.17, 15) is 9.59 Å². The molecule has 0 atom stereocenters. The number of fused-ring (bicyclic) bond motifs is 2. The molecule has 2 aromatic heterocycles. The topological polar surface area (TPSA) is 79.6 Å². The van der Waals surface area contributed by atoms with Gasteiger partial charge in [0.2, 0.25) is 10.1 Å². The summed E-state index contributed by atoms with van der Waals surface area (Å²) in [5.41, 5.74) is 3.95. The van der Waals surface area contributed by atoms with Crippen LogP contribution in [0.2, 0.25) is 0 Å². The van der Waals surface area contributed by atoms with E-state index in [0.29, 0.717) is 33.1 Å². The summed E-state index contributed by atoms with van der Waals surface area (Å²) in [6.45, 7) is 6.84. The molecule has 4 rings (SSSR count). The number of carbonyl (C=O) groups is 1. The third-order valence-electron chi connectivity index (χ3n) is 5.27. The van der Waals surface area contributed by atoms with E-state index in [1.54, 1.807) is 30.1 Å². The molecule has 31 heavy (non-hydrogen) atoms. The summed E-state index contributed by atoms with van der Waals surface area (Å²) in [5.74, 6) is -0.0704. The van der Waals surface area contributed by atoms with Gasteiger partial charge in [-0.15, -0.1) is 5.10 Å². The highest BCUT2D eigenvalue weighted by molar-refractivity contribution is 7.20. The second-order valence-electron chi connectivity index (χ2n) is 7.77. The molecular weight excluding hydrogens is 410 g/mol. The van der Waals surface area contributed by atoms with Crippen molar-refractivity contribution in [3.63, 3.8) is 0 Å². The van der Waals surface area contributed by atoms with Crippen LogP contribution < -0.4 is 10.9 Å². The fourth-order valence-corrected chi connectivity index (χ4v) is 4.21. The molecule has 0 saturated heterocycles. The van der Waals surface area contributed by atoms with E-state index in [-0.39, 0.29) is 11.5 Å². The Morgan fingerprint density at radius 3 is 2.77 bits per heavy atom. The van der Waals surface area contributed by atoms with Crippen LogP contribution in [0.3, 0.4) is 0 Å². The molecule has 0 saturated carbocycles. The van der Waals surface area contributed by atoms with Gasteiger partial charge < -0.3 is 10.2 Å². The number of benzene rings is 2. The van der Waals surface area contributed by atoms with Crippen LogP contribution in [0, 0.1) is 13.8 Å². The summed E-state index contributed by atoms with van der Waals surface area (Å²) >= 11 is 1.30. The minimum atomic E-state index is -0.247. The molecule has 4 aromatic rings. The fraction of sp³-hybridized carbons (Fsp3) is 0.304. The van der Waals surface area contributed by atoms with Crippen LogP contribution >= 0.6 is 11.3 Å². The number of unbranched alkanes of at least 4 members (excludes halogenated alkanes) is 1. The van der Waals surface area contributed by atoms with Crippen LogP contribution in [0.5, 0.6) is 0 Å². The van der Waals surface area contributed by atoms with Gasteiger partial charge in [-0.2, -0.15) is 4.52 Å². The Bertz CT molecular complexity index is 1340. The van der Waals surface area contributed by atoms with Crippen molar-refractivity contribution in [1.29, 1.82) is 0 Å². The maximum absolute atomic E-state index is 13.0. The van der Waals surface area contributed by atoms with E-state index < -0.39 is 0 Å². The molecule has 2 aromatic carbocycles. The van der Waals surface area contributed by atoms with Crippen LogP contribution in [0.4, 0.5) is 10.8 Å². The van der Waals surface area contributed by atoms with Crippen molar-refractivity contribution in [1.82, 2.24) is 19.5 Å². The van der Waals surface area contributed by atoms with Crippen molar-refractivity contribution < 1.29 is 4.79 Å². The number of anilines is 2. The Hall–Kier alpha value is -3.26. The lowest BCUT2D eigenvalue weighted by atomic mass is 10.1. The van der Waals surface area contributed by atoms with E-state index in [0.717, 1.165) is 29.7 Å². The number of hydrogen-bond donors (Lipinski definition) is 1. The first-order valence-corrected chi connectivity index (χ1v) is 11.1. The highest BCUT2D eigenvalue weighted by atomic mass is 32.1. The molecule has 0 aliphatic heterocycles. The Labute approximate surface area is 184 Å². The lowest BCUT2D eigenvalue weighted by molar-refractivity contribution is 0.0793. The van der Waals surface area contributed by atoms with Gasteiger partial charge in [0.15, 0.2) is 0 Å². The van der Waals surface area contributed by atoms with Crippen molar-refractivity contribution >= 4 is 43.9 Å². The van der Waals surface area contributed by atoms with Gasteiger partial charge in [0.1, 0.15) is 0 Å². The molecule has 1 amide bonds. The van der Waals surface area contributed by atoms with E-state index in [1.165, 1.54) is 15.9 Å². The number of rotatable bonds is 6. The summed E-state index contributed by atoms with van der Waals surface area (Å²) in [4.78, 5) is 32.5. The average Bonchev–Trinajstić information content (AvgIpc) is 3.16. The molecule has 0 radical (unpaired) electrons. The first-order valence-electron chi connectivity index (χ1n) is 10.3. The maximum atomic E-state index is 13.0. The van der Waals surface area contributed by atoms with Crippen molar-refractivity contribution in [2.45, 2.75) is 33.6 Å². The third-order valence-corrected chi connectivity index (χ3v) is 6.10. The van der Waals surface area contributed by atoms with E-state index in [1.807, 2.05) is 26.0 Å². The lowest BCUT2D eigenvalue weighted by Crippen LogP contribution is -2.27. The highest BCUT2D eigenvalue weighted by Gasteiger charge is 2.16. The van der Waals surface area contributed by atoms with Crippen molar-refractivity contribution in [3.8, 4) is 0 Å². The molecule has 7 nitrogen and oxygen atoms in total.